The number of rotatable bonds is 7. The van der Waals surface area contributed by atoms with Crippen molar-refractivity contribution in [2.75, 3.05) is 13.2 Å². The average molecular weight is 265 g/mol. The number of carbonyl (C=O) groups is 1. The predicted octanol–water partition coefficient (Wildman–Crippen LogP) is 2.44. The molecule has 0 aliphatic carbocycles. The smallest absolute Gasteiger partial charge is 0.320 e. The third-order valence-corrected chi connectivity index (χ3v) is 3.18. The normalized spacial score (nSPS) is 12.2. The molecule has 1 aromatic carbocycles. The molecule has 0 heterocycles. The van der Waals surface area contributed by atoms with Crippen LogP contribution < -0.4 is 10.1 Å². The maximum Gasteiger partial charge on any atom is 0.320 e. The molecule has 0 saturated heterocycles. The van der Waals surface area contributed by atoms with Gasteiger partial charge in [-0.05, 0) is 50.1 Å². The Morgan fingerprint density at radius 2 is 2.05 bits per heavy atom. The molecule has 4 heteroatoms. The zero-order valence-electron chi connectivity index (χ0n) is 12.1. The first-order chi connectivity index (χ1) is 8.95. The zero-order chi connectivity index (χ0) is 14.4. The first-order valence-corrected chi connectivity index (χ1v) is 6.62. The molecule has 0 radical (unpaired) electrons. The van der Waals surface area contributed by atoms with Crippen molar-refractivity contribution in [3.63, 3.8) is 0 Å². The van der Waals surface area contributed by atoms with Gasteiger partial charge in [0.1, 0.15) is 11.8 Å². The van der Waals surface area contributed by atoms with Crippen molar-refractivity contribution in [1.82, 2.24) is 5.32 Å². The Balaban J connectivity index is 2.60. The second kappa shape index (κ2) is 7.14. The highest BCUT2D eigenvalue weighted by Crippen LogP contribution is 2.23. The van der Waals surface area contributed by atoms with Crippen LogP contribution in [0.25, 0.3) is 0 Å². The van der Waals surface area contributed by atoms with Crippen molar-refractivity contribution >= 4 is 5.97 Å². The molecule has 0 aliphatic heterocycles. The minimum absolute atomic E-state index is 0.397. The maximum atomic E-state index is 11.0. The summed E-state index contributed by atoms with van der Waals surface area (Å²) in [5, 5.41) is 12.0. The van der Waals surface area contributed by atoms with E-state index in [1.54, 1.807) is 0 Å². The molecule has 19 heavy (non-hydrogen) atoms. The minimum atomic E-state index is -0.831. The molecule has 0 amide bonds. The van der Waals surface area contributed by atoms with Gasteiger partial charge in [-0.15, -0.1) is 0 Å². The van der Waals surface area contributed by atoms with Crippen LogP contribution in [0.4, 0.5) is 0 Å². The average Bonchev–Trinajstić information content (AvgIpc) is 2.33. The Morgan fingerprint density at radius 3 is 2.63 bits per heavy atom. The molecule has 0 spiro atoms. The van der Waals surface area contributed by atoms with E-state index in [-0.39, 0.29) is 0 Å². The summed E-state index contributed by atoms with van der Waals surface area (Å²) in [6.07, 6.45) is 0.454. The van der Waals surface area contributed by atoms with Gasteiger partial charge in [0.2, 0.25) is 0 Å². The summed E-state index contributed by atoms with van der Waals surface area (Å²) in [5.74, 6) is 0.0146. The van der Waals surface area contributed by atoms with Gasteiger partial charge in [-0.1, -0.05) is 13.0 Å². The number of nitrogens with one attached hydrogen (secondary N) is 1. The van der Waals surface area contributed by atoms with Gasteiger partial charge < -0.3 is 15.2 Å². The Labute approximate surface area is 114 Å². The summed E-state index contributed by atoms with van der Waals surface area (Å²) < 4.78 is 5.72. The molecule has 2 N–H and O–H groups in total. The second-order valence-electron chi connectivity index (χ2n) is 4.79. The van der Waals surface area contributed by atoms with Crippen molar-refractivity contribution in [2.45, 2.75) is 40.2 Å². The van der Waals surface area contributed by atoms with Crippen LogP contribution in [0.2, 0.25) is 0 Å². The van der Waals surface area contributed by atoms with Gasteiger partial charge in [-0.25, -0.2) is 0 Å². The second-order valence-corrected chi connectivity index (χ2v) is 4.79. The van der Waals surface area contributed by atoms with Crippen LogP contribution in [0.5, 0.6) is 5.75 Å². The van der Waals surface area contributed by atoms with Gasteiger partial charge in [0.25, 0.3) is 0 Å². The quantitative estimate of drug-likeness (QED) is 0.795. The van der Waals surface area contributed by atoms with Crippen molar-refractivity contribution < 1.29 is 14.6 Å². The van der Waals surface area contributed by atoms with Crippen LogP contribution in [0, 0.1) is 20.8 Å². The lowest BCUT2D eigenvalue weighted by Gasteiger charge is -2.15. The molecule has 0 bridgehead atoms. The fourth-order valence-electron chi connectivity index (χ4n) is 2.00. The molecule has 1 unspecified atom stereocenters. The summed E-state index contributed by atoms with van der Waals surface area (Å²) in [7, 11) is 0. The van der Waals surface area contributed by atoms with E-state index in [4.69, 9.17) is 9.84 Å². The topological polar surface area (TPSA) is 58.6 Å². The third-order valence-electron chi connectivity index (χ3n) is 3.18. The monoisotopic (exact) mass is 265 g/mol. The summed E-state index contributed by atoms with van der Waals surface area (Å²) >= 11 is 0. The predicted molar refractivity (Wildman–Crippen MR) is 75.9 cm³/mol. The number of aliphatic carboxylic acids is 1. The van der Waals surface area contributed by atoms with Crippen LogP contribution in [0.3, 0.4) is 0 Å². The Hall–Kier alpha value is -1.55. The highest BCUT2D eigenvalue weighted by atomic mass is 16.5. The fraction of sp³-hybridized carbons (Fsp3) is 0.533. The number of carboxylic acids is 1. The fourth-order valence-corrected chi connectivity index (χ4v) is 2.00. The minimum Gasteiger partial charge on any atom is -0.493 e. The van der Waals surface area contributed by atoms with E-state index in [0.717, 1.165) is 16.9 Å². The van der Waals surface area contributed by atoms with Crippen LogP contribution in [-0.2, 0) is 4.79 Å². The van der Waals surface area contributed by atoms with Gasteiger partial charge in [0.15, 0.2) is 0 Å². The molecule has 1 aromatic rings. The molecule has 1 atom stereocenters. The molecule has 0 fully saturated rings. The van der Waals surface area contributed by atoms with Crippen molar-refractivity contribution in [3.05, 3.63) is 28.8 Å². The van der Waals surface area contributed by atoms with Gasteiger partial charge in [0, 0.05) is 6.42 Å². The Kier molecular flexibility index (Phi) is 5.83. The maximum absolute atomic E-state index is 11.0. The number of carboxylic acid groups (broad SMARTS) is 1. The standard InChI is InChI=1S/C15H23NO3/c1-5-16-13(15(17)18)6-7-19-14-9-10(2)8-11(3)12(14)4/h8-9,13,16H,5-7H2,1-4H3,(H,17,18). The summed E-state index contributed by atoms with van der Waals surface area (Å²) in [6, 6.07) is 3.56. The van der Waals surface area contributed by atoms with Crippen LogP contribution in [-0.4, -0.2) is 30.3 Å². The Morgan fingerprint density at radius 1 is 1.37 bits per heavy atom. The van der Waals surface area contributed by atoms with E-state index >= 15 is 0 Å². The van der Waals surface area contributed by atoms with Crippen molar-refractivity contribution in [2.24, 2.45) is 0 Å². The van der Waals surface area contributed by atoms with Crippen molar-refractivity contribution in [3.8, 4) is 5.75 Å². The van der Waals surface area contributed by atoms with Crippen LogP contribution in [0.1, 0.15) is 30.0 Å². The molecule has 4 nitrogen and oxygen atoms in total. The SMILES string of the molecule is CCNC(CCOc1cc(C)cc(C)c1C)C(=O)O. The molecular weight excluding hydrogens is 242 g/mol. The van der Waals surface area contributed by atoms with E-state index in [1.807, 2.05) is 33.8 Å². The van der Waals surface area contributed by atoms with E-state index in [2.05, 4.69) is 11.4 Å². The molecule has 0 aliphatic rings. The molecular formula is C15H23NO3. The highest BCUT2D eigenvalue weighted by molar-refractivity contribution is 5.73. The number of hydrogen-bond acceptors (Lipinski definition) is 3. The first-order valence-electron chi connectivity index (χ1n) is 6.62. The first kappa shape index (κ1) is 15.5. The lowest BCUT2D eigenvalue weighted by molar-refractivity contribution is -0.139. The summed E-state index contributed by atoms with van der Waals surface area (Å²) in [5.41, 5.74) is 3.46. The number of hydrogen-bond donors (Lipinski definition) is 2. The van der Waals surface area contributed by atoms with E-state index in [9.17, 15) is 4.79 Å². The molecule has 0 saturated carbocycles. The van der Waals surface area contributed by atoms with E-state index in [0.29, 0.717) is 19.6 Å². The van der Waals surface area contributed by atoms with Crippen LogP contribution in [0.15, 0.2) is 12.1 Å². The third kappa shape index (κ3) is 4.56. The Bertz CT molecular complexity index is 443. The number of ether oxygens (including phenoxy) is 1. The van der Waals surface area contributed by atoms with E-state index in [1.165, 1.54) is 5.56 Å². The number of aryl methyl sites for hydroxylation is 2. The summed E-state index contributed by atoms with van der Waals surface area (Å²) in [4.78, 5) is 11.0. The van der Waals surface area contributed by atoms with Gasteiger partial charge in [-0.2, -0.15) is 0 Å². The van der Waals surface area contributed by atoms with Crippen LogP contribution >= 0.6 is 0 Å². The van der Waals surface area contributed by atoms with Gasteiger partial charge >= 0.3 is 5.97 Å². The highest BCUT2D eigenvalue weighted by Gasteiger charge is 2.15. The number of likely N-dealkylation sites (N-methyl/N-ethyl adjacent to an activating group) is 1. The molecule has 0 aromatic heterocycles. The zero-order valence-corrected chi connectivity index (χ0v) is 12.1. The van der Waals surface area contributed by atoms with Gasteiger partial charge in [-0.3, -0.25) is 4.79 Å². The largest absolute Gasteiger partial charge is 0.493 e. The van der Waals surface area contributed by atoms with Crippen molar-refractivity contribution in [1.29, 1.82) is 0 Å². The number of benzene rings is 1. The van der Waals surface area contributed by atoms with Gasteiger partial charge in [0.05, 0.1) is 6.61 Å². The lowest BCUT2D eigenvalue weighted by atomic mass is 10.1. The lowest BCUT2D eigenvalue weighted by Crippen LogP contribution is -2.37. The van der Waals surface area contributed by atoms with E-state index < -0.39 is 12.0 Å². The molecule has 1 rings (SSSR count). The molecule has 106 valence electrons. The summed E-state index contributed by atoms with van der Waals surface area (Å²) in [6.45, 7) is 9.02.